The maximum atomic E-state index is 12.6. The van der Waals surface area contributed by atoms with Crippen LogP contribution in [-0.2, 0) is 20.7 Å². The Bertz CT molecular complexity index is 580. The first kappa shape index (κ1) is 17.4. The van der Waals surface area contributed by atoms with E-state index in [4.69, 9.17) is 9.47 Å². The van der Waals surface area contributed by atoms with E-state index in [0.29, 0.717) is 39.3 Å². The lowest BCUT2D eigenvalue weighted by Gasteiger charge is -2.41. The largest absolute Gasteiger partial charge is 0.377 e. The topological polar surface area (TPSA) is 50.8 Å². The van der Waals surface area contributed by atoms with Gasteiger partial charge >= 0.3 is 0 Å². The van der Waals surface area contributed by atoms with Crippen molar-refractivity contribution >= 4 is 5.91 Å². The molecule has 1 spiro atoms. The summed E-state index contributed by atoms with van der Waals surface area (Å²) in [5.74, 6) is 0.208. The second-order valence-electron chi connectivity index (χ2n) is 6.99. The summed E-state index contributed by atoms with van der Waals surface area (Å²) in [5, 5.41) is 3.35. The van der Waals surface area contributed by atoms with E-state index in [9.17, 15) is 4.79 Å². The predicted octanol–water partition coefficient (Wildman–Crippen LogP) is 1.45. The third-order valence-corrected chi connectivity index (χ3v) is 5.04. The van der Waals surface area contributed by atoms with Crippen molar-refractivity contribution in [1.82, 2.24) is 10.2 Å². The number of carbonyl (C=O) groups is 1. The van der Waals surface area contributed by atoms with Crippen LogP contribution in [0.4, 0.5) is 0 Å². The number of nitrogens with zero attached hydrogens (tertiary/aromatic N) is 1. The molecule has 24 heavy (non-hydrogen) atoms. The standard InChI is InChI=1S/C19H28N2O3/c1-15-3-4-17(11-16(15)2)5-6-18(22)21-8-10-24-19(13-21)12-20-7-9-23-14-19/h3-4,11,20H,5-10,12-14H2,1-2H3/t19-/m1/s1. The lowest BCUT2D eigenvalue weighted by atomic mass is 10.0. The van der Waals surface area contributed by atoms with E-state index in [1.54, 1.807) is 0 Å². The van der Waals surface area contributed by atoms with Crippen molar-refractivity contribution in [1.29, 1.82) is 0 Å². The van der Waals surface area contributed by atoms with Crippen LogP contribution in [0.5, 0.6) is 0 Å². The summed E-state index contributed by atoms with van der Waals surface area (Å²) >= 11 is 0. The van der Waals surface area contributed by atoms with Crippen molar-refractivity contribution in [2.24, 2.45) is 0 Å². The average Bonchev–Trinajstić information content (AvgIpc) is 2.81. The summed E-state index contributed by atoms with van der Waals surface area (Å²) in [6, 6.07) is 6.44. The van der Waals surface area contributed by atoms with Gasteiger partial charge in [-0.05, 0) is 37.0 Å². The van der Waals surface area contributed by atoms with E-state index < -0.39 is 0 Å². The summed E-state index contributed by atoms with van der Waals surface area (Å²) in [5.41, 5.74) is 3.42. The molecule has 0 radical (unpaired) electrons. The van der Waals surface area contributed by atoms with Crippen molar-refractivity contribution in [3.63, 3.8) is 0 Å². The first-order valence-corrected chi connectivity index (χ1v) is 8.84. The smallest absolute Gasteiger partial charge is 0.223 e. The molecule has 2 saturated heterocycles. The molecule has 0 aliphatic carbocycles. The van der Waals surface area contributed by atoms with Crippen molar-refractivity contribution in [3.8, 4) is 0 Å². The normalized spacial score (nSPS) is 24.8. The summed E-state index contributed by atoms with van der Waals surface area (Å²) < 4.78 is 11.6. The Morgan fingerprint density at radius 3 is 3.00 bits per heavy atom. The highest BCUT2D eigenvalue weighted by molar-refractivity contribution is 5.76. The molecule has 132 valence electrons. The summed E-state index contributed by atoms with van der Waals surface area (Å²) in [4.78, 5) is 14.6. The predicted molar refractivity (Wildman–Crippen MR) is 93.2 cm³/mol. The highest BCUT2D eigenvalue weighted by Crippen LogP contribution is 2.21. The van der Waals surface area contributed by atoms with Crippen LogP contribution < -0.4 is 5.32 Å². The minimum absolute atomic E-state index is 0.208. The van der Waals surface area contributed by atoms with E-state index in [1.165, 1.54) is 16.7 Å². The SMILES string of the molecule is Cc1ccc(CCC(=O)N2CCO[C@]3(CNCCOC3)C2)cc1C. The minimum Gasteiger partial charge on any atom is -0.377 e. The van der Waals surface area contributed by atoms with Crippen molar-refractivity contribution in [2.75, 3.05) is 46.0 Å². The average molecular weight is 332 g/mol. The second-order valence-corrected chi connectivity index (χ2v) is 6.99. The number of morpholine rings is 1. The molecule has 0 unspecified atom stereocenters. The maximum absolute atomic E-state index is 12.6. The number of benzene rings is 1. The number of aryl methyl sites for hydroxylation is 3. The fourth-order valence-electron chi connectivity index (χ4n) is 3.39. The van der Waals surface area contributed by atoms with E-state index in [2.05, 4.69) is 37.4 Å². The maximum Gasteiger partial charge on any atom is 0.223 e. The Morgan fingerprint density at radius 1 is 1.29 bits per heavy atom. The monoisotopic (exact) mass is 332 g/mol. The Balaban J connectivity index is 1.57. The van der Waals surface area contributed by atoms with Gasteiger partial charge in [-0.25, -0.2) is 0 Å². The summed E-state index contributed by atoms with van der Waals surface area (Å²) in [7, 11) is 0. The molecule has 0 bridgehead atoms. The van der Waals surface area contributed by atoms with Gasteiger partial charge in [-0.1, -0.05) is 18.2 Å². The zero-order valence-electron chi connectivity index (χ0n) is 14.8. The molecule has 2 heterocycles. The van der Waals surface area contributed by atoms with Crippen LogP contribution in [0.25, 0.3) is 0 Å². The lowest BCUT2D eigenvalue weighted by molar-refractivity contribution is -0.158. The highest BCUT2D eigenvalue weighted by atomic mass is 16.5. The number of amides is 1. The summed E-state index contributed by atoms with van der Waals surface area (Å²) in [6.07, 6.45) is 1.34. The molecule has 2 fully saturated rings. The van der Waals surface area contributed by atoms with Gasteiger partial charge < -0.3 is 19.7 Å². The molecule has 1 N–H and O–H groups in total. The molecule has 0 saturated carbocycles. The van der Waals surface area contributed by atoms with Crippen molar-refractivity contribution < 1.29 is 14.3 Å². The minimum atomic E-state index is -0.384. The first-order chi connectivity index (χ1) is 11.6. The van der Waals surface area contributed by atoms with Gasteiger partial charge in [0.1, 0.15) is 5.60 Å². The molecule has 2 aliphatic heterocycles. The molecule has 1 aromatic rings. The van der Waals surface area contributed by atoms with Crippen molar-refractivity contribution in [3.05, 3.63) is 34.9 Å². The third kappa shape index (κ3) is 4.15. The molecule has 0 aromatic heterocycles. The lowest BCUT2D eigenvalue weighted by Crippen LogP contribution is -2.59. The van der Waals surface area contributed by atoms with Crippen LogP contribution in [-0.4, -0.2) is 62.4 Å². The Labute approximate surface area is 144 Å². The highest BCUT2D eigenvalue weighted by Gasteiger charge is 2.39. The molecule has 5 heteroatoms. The summed E-state index contributed by atoms with van der Waals surface area (Å²) in [6.45, 7) is 8.94. The number of hydrogen-bond donors (Lipinski definition) is 1. The van der Waals surface area contributed by atoms with Crippen LogP contribution in [0, 0.1) is 13.8 Å². The molecule has 3 rings (SSSR count). The van der Waals surface area contributed by atoms with Crippen LogP contribution in [0.3, 0.4) is 0 Å². The van der Waals surface area contributed by atoms with Gasteiger partial charge in [-0.15, -0.1) is 0 Å². The molecule has 1 amide bonds. The van der Waals surface area contributed by atoms with E-state index >= 15 is 0 Å². The zero-order chi connectivity index (χ0) is 17.0. The zero-order valence-corrected chi connectivity index (χ0v) is 14.8. The van der Waals surface area contributed by atoms with Gasteiger partial charge in [0.15, 0.2) is 0 Å². The molecule has 1 aromatic carbocycles. The van der Waals surface area contributed by atoms with E-state index in [-0.39, 0.29) is 11.5 Å². The molecule has 2 aliphatic rings. The molecular weight excluding hydrogens is 304 g/mol. The van der Waals surface area contributed by atoms with Gasteiger partial charge in [-0.2, -0.15) is 0 Å². The van der Waals surface area contributed by atoms with Gasteiger partial charge in [0.05, 0.1) is 26.4 Å². The first-order valence-electron chi connectivity index (χ1n) is 8.84. The Hall–Kier alpha value is -1.43. The number of ether oxygens (including phenoxy) is 2. The quantitative estimate of drug-likeness (QED) is 0.910. The van der Waals surface area contributed by atoms with E-state index in [1.807, 2.05) is 4.90 Å². The number of rotatable bonds is 3. The number of hydrogen-bond acceptors (Lipinski definition) is 4. The van der Waals surface area contributed by atoms with Gasteiger partial charge in [0.25, 0.3) is 0 Å². The fraction of sp³-hybridized carbons (Fsp3) is 0.632. The third-order valence-electron chi connectivity index (χ3n) is 5.04. The van der Waals surface area contributed by atoms with Gasteiger partial charge in [0, 0.05) is 26.1 Å². The number of carbonyl (C=O) groups excluding carboxylic acids is 1. The molecule has 1 atom stereocenters. The van der Waals surface area contributed by atoms with Gasteiger partial charge in [0.2, 0.25) is 5.91 Å². The van der Waals surface area contributed by atoms with Crippen LogP contribution in [0.15, 0.2) is 18.2 Å². The van der Waals surface area contributed by atoms with E-state index in [0.717, 1.165) is 19.5 Å². The molecule has 5 nitrogen and oxygen atoms in total. The van der Waals surface area contributed by atoms with Crippen LogP contribution >= 0.6 is 0 Å². The van der Waals surface area contributed by atoms with Gasteiger partial charge in [-0.3, -0.25) is 4.79 Å². The number of nitrogens with one attached hydrogen (secondary N) is 1. The van der Waals surface area contributed by atoms with Crippen LogP contribution in [0.2, 0.25) is 0 Å². The Morgan fingerprint density at radius 2 is 2.17 bits per heavy atom. The van der Waals surface area contributed by atoms with Crippen molar-refractivity contribution in [2.45, 2.75) is 32.3 Å². The molecular formula is C19H28N2O3. The second kappa shape index (κ2) is 7.64. The van der Waals surface area contributed by atoms with Crippen LogP contribution in [0.1, 0.15) is 23.1 Å². The fourth-order valence-corrected chi connectivity index (χ4v) is 3.39. The Kier molecular flexibility index (Phi) is 5.54.